The molecule has 0 aromatic rings. The Balaban J connectivity index is 0. The van der Waals surface area contributed by atoms with Crippen LogP contribution < -0.4 is 11.1 Å². The monoisotopic (exact) mass is 334 g/mol. The van der Waals surface area contributed by atoms with E-state index in [1.54, 1.807) is 0 Å². The van der Waals surface area contributed by atoms with E-state index in [-0.39, 0.29) is 18.3 Å². The third-order valence-electron chi connectivity index (χ3n) is 3.97. The standard InChI is InChI=1S/C18H38N2O.ClH/c1-2-3-4-5-6-7-8-9-10-11-12-13-14-15-18(21)20-17-16-19;/h2-17,19H2,1H3,(H,20,21);1H. The molecule has 0 atom stereocenters. The molecule has 0 unspecified atom stereocenters. The second kappa shape index (κ2) is 20.7. The van der Waals surface area contributed by atoms with Gasteiger partial charge < -0.3 is 11.1 Å². The fourth-order valence-corrected chi connectivity index (χ4v) is 2.60. The number of rotatable bonds is 16. The molecule has 0 aliphatic heterocycles. The van der Waals surface area contributed by atoms with E-state index in [1.165, 1.54) is 77.0 Å². The van der Waals surface area contributed by atoms with Crippen molar-refractivity contribution in [1.82, 2.24) is 5.32 Å². The molecule has 0 aliphatic rings. The maximum absolute atomic E-state index is 11.3. The summed E-state index contributed by atoms with van der Waals surface area (Å²) in [4.78, 5) is 11.3. The Bertz CT molecular complexity index is 225. The van der Waals surface area contributed by atoms with Gasteiger partial charge in [-0.3, -0.25) is 4.79 Å². The van der Waals surface area contributed by atoms with E-state index >= 15 is 0 Å². The molecule has 0 heterocycles. The number of hydrogen-bond acceptors (Lipinski definition) is 2. The molecule has 22 heavy (non-hydrogen) atoms. The van der Waals surface area contributed by atoms with Crippen LogP contribution >= 0.6 is 12.4 Å². The number of hydrogen-bond donors (Lipinski definition) is 2. The second-order valence-corrected chi connectivity index (χ2v) is 6.13. The minimum absolute atomic E-state index is 0. The van der Waals surface area contributed by atoms with Crippen molar-refractivity contribution in [1.29, 1.82) is 0 Å². The van der Waals surface area contributed by atoms with E-state index in [0.29, 0.717) is 19.5 Å². The first kappa shape index (κ1) is 24.0. The second-order valence-electron chi connectivity index (χ2n) is 6.13. The molecule has 134 valence electrons. The van der Waals surface area contributed by atoms with Gasteiger partial charge in [0.2, 0.25) is 5.91 Å². The van der Waals surface area contributed by atoms with E-state index in [1.807, 2.05) is 0 Å². The molecular formula is C18H39ClN2O. The Morgan fingerprint density at radius 2 is 1.18 bits per heavy atom. The minimum atomic E-state index is 0. The lowest BCUT2D eigenvalue weighted by Gasteiger charge is -2.04. The van der Waals surface area contributed by atoms with Crippen LogP contribution in [0.2, 0.25) is 0 Å². The van der Waals surface area contributed by atoms with Gasteiger partial charge in [0.1, 0.15) is 0 Å². The zero-order valence-electron chi connectivity index (χ0n) is 14.7. The Morgan fingerprint density at radius 3 is 1.59 bits per heavy atom. The lowest BCUT2D eigenvalue weighted by molar-refractivity contribution is -0.121. The number of unbranched alkanes of at least 4 members (excludes halogenated alkanes) is 12. The van der Waals surface area contributed by atoms with Gasteiger partial charge in [0.15, 0.2) is 0 Å². The van der Waals surface area contributed by atoms with Gasteiger partial charge in [0.05, 0.1) is 0 Å². The van der Waals surface area contributed by atoms with Crippen LogP contribution in [0.15, 0.2) is 0 Å². The zero-order valence-corrected chi connectivity index (χ0v) is 15.5. The maximum Gasteiger partial charge on any atom is 0.220 e. The van der Waals surface area contributed by atoms with Gasteiger partial charge in [0.25, 0.3) is 0 Å². The van der Waals surface area contributed by atoms with Crippen LogP contribution in [0.4, 0.5) is 0 Å². The summed E-state index contributed by atoms with van der Waals surface area (Å²) < 4.78 is 0. The number of carbonyl (C=O) groups excluding carboxylic acids is 1. The largest absolute Gasteiger partial charge is 0.355 e. The Morgan fingerprint density at radius 1 is 0.773 bits per heavy atom. The van der Waals surface area contributed by atoms with Crippen LogP contribution in [-0.4, -0.2) is 19.0 Å². The van der Waals surface area contributed by atoms with Gasteiger partial charge >= 0.3 is 0 Å². The molecule has 0 saturated carbocycles. The summed E-state index contributed by atoms with van der Waals surface area (Å²) in [5.41, 5.74) is 5.34. The third-order valence-corrected chi connectivity index (χ3v) is 3.97. The first-order valence-electron chi connectivity index (χ1n) is 9.28. The van der Waals surface area contributed by atoms with Crippen LogP contribution in [0.25, 0.3) is 0 Å². The van der Waals surface area contributed by atoms with Crippen LogP contribution in [0.3, 0.4) is 0 Å². The fraction of sp³-hybridized carbons (Fsp3) is 0.944. The Kier molecular flexibility index (Phi) is 22.6. The highest BCUT2D eigenvalue weighted by Crippen LogP contribution is 2.12. The molecule has 3 N–H and O–H groups in total. The highest BCUT2D eigenvalue weighted by atomic mass is 35.5. The summed E-state index contributed by atoms with van der Waals surface area (Å²) in [7, 11) is 0. The van der Waals surface area contributed by atoms with Crippen LogP contribution in [0.1, 0.15) is 96.8 Å². The van der Waals surface area contributed by atoms with Crippen molar-refractivity contribution in [2.45, 2.75) is 96.8 Å². The van der Waals surface area contributed by atoms with Crippen molar-refractivity contribution in [2.24, 2.45) is 5.73 Å². The van der Waals surface area contributed by atoms with Crippen molar-refractivity contribution < 1.29 is 4.79 Å². The molecule has 0 fully saturated rings. The molecular weight excluding hydrogens is 296 g/mol. The summed E-state index contributed by atoms with van der Waals surface area (Å²) in [6.45, 7) is 3.41. The van der Waals surface area contributed by atoms with E-state index in [9.17, 15) is 4.79 Å². The van der Waals surface area contributed by atoms with E-state index < -0.39 is 0 Å². The fourth-order valence-electron chi connectivity index (χ4n) is 2.60. The predicted molar refractivity (Wildman–Crippen MR) is 99.6 cm³/mol. The number of nitrogens with two attached hydrogens (primary N) is 1. The molecule has 4 heteroatoms. The Labute approximate surface area is 144 Å². The maximum atomic E-state index is 11.3. The van der Waals surface area contributed by atoms with Gasteiger partial charge in [-0.2, -0.15) is 0 Å². The molecule has 1 amide bonds. The summed E-state index contributed by atoms with van der Waals surface area (Å²) in [5.74, 6) is 0.156. The van der Waals surface area contributed by atoms with Crippen LogP contribution in [-0.2, 0) is 4.79 Å². The molecule has 0 aromatic heterocycles. The molecule has 0 rings (SSSR count). The molecule has 0 bridgehead atoms. The topological polar surface area (TPSA) is 55.1 Å². The minimum Gasteiger partial charge on any atom is -0.355 e. The summed E-state index contributed by atoms with van der Waals surface area (Å²) in [5, 5.41) is 2.81. The highest BCUT2D eigenvalue weighted by molar-refractivity contribution is 5.85. The van der Waals surface area contributed by atoms with Crippen molar-refractivity contribution >= 4 is 18.3 Å². The van der Waals surface area contributed by atoms with Crippen molar-refractivity contribution in [3.05, 3.63) is 0 Å². The molecule has 0 radical (unpaired) electrons. The normalized spacial score (nSPS) is 10.3. The van der Waals surface area contributed by atoms with Gasteiger partial charge in [-0.25, -0.2) is 0 Å². The first-order chi connectivity index (χ1) is 10.3. The summed E-state index contributed by atoms with van der Waals surface area (Å²) >= 11 is 0. The third kappa shape index (κ3) is 19.7. The summed E-state index contributed by atoms with van der Waals surface area (Å²) in [6.07, 6.45) is 18.1. The molecule has 3 nitrogen and oxygen atoms in total. The SMILES string of the molecule is CCCCCCCCCCCCCCCC(=O)NCCN.Cl. The van der Waals surface area contributed by atoms with E-state index in [2.05, 4.69) is 12.2 Å². The van der Waals surface area contributed by atoms with Gasteiger partial charge in [-0.1, -0.05) is 84.0 Å². The van der Waals surface area contributed by atoms with E-state index in [4.69, 9.17) is 5.73 Å². The molecule has 0 aromatic carbocycles. The van der Waals surface area contributed by atoms with Crippen LogP contribution in [0.5, 0.6) is 0 Å². The van der Waals surface area contributed by atoms with Crippen molar-refractivity contribution in [2.75, 3.05) is 13.1 Å². The van der Waals surface area contributed by atoms with Gasteiger partial charge in [-0.05, 0) is 6.42 Å². The predicted octanol–water partition coefficient (Wildman–Crippen LogP) is 4.96. The smallest absolute Gasteiger partial charge is 0.220 e. The average molecular weight is 335 g/mol. The van der Waals surface area contributed by atoms with Crippen molar-refractivity contribution in [3.8, 4) is 0 Å². The number of halogens is 1. The van der Waals surface area contributed by atoms with Gasteiger partial charge in [0, 0.05) is 19.5 Å². The molecule has 0 spiro atoms. The average Bonchev–Trinajstić information content (AvgIpc) is 2.49. The van der Waals surface area contributed by atoms with Crippen LogP contribution in [0, 0.1) is 0 Å². The number of nitrogens with one attached hydrogen (secondary N) is 1. The molecule has 0 saturated heterocycles. The van der Waals surface area contributed by atoms with E-state index in [0.717, 1.165) is 6.42 Å². The lowest BCUT2D eigenvalue weighted by atomic mass is 10.0. The quantitative estimate of drug-likeness (QED) is 0.392. The highest BCUT2D eigenvalue weighted by Gasteiger charge is 1.99. The molecule has 0 aliphatic carbocycles. The summed E-state index contributed by atoms with van der Waals surface area (Å²) in [6, 6.07) is 0. The first-order valence-corrected chi connectivity index (χ1v) is 9.28. The number of carbonyl (C=O) groups is 1. The zero-order chi connectivity index (χ0) is 15.6. The number of amides is 1. The lowest BCUT2D eigenvalue weighted by Crippen LogP contribution is -2.28. The van der Waals surface area contributed by atoms with Crippen molar-refractivity contribution in [3.63, 3.8) is 0 Å². The van der Waals surface area contributed by atoms with Gasteiger partial charge in [-0.15, -0.1) is 12.4 Å². The Hall–Kier alpha value is -0.280.